The van der Waals surface area contributed by atoms with E-state index < -0.39 is 22.9 Å². The summed E-state index contributed by atoms with van der Waals surface area (Å²) in [6, 6.07) is -0.826. The van der Waals surface area contributed by atoms with Gasteiger partial charge < -0.3 is 10.1 Å². The van der Waals surface area contributed by atoms with Crippen molar-refractivity contribution in [3.05, 3.63) is 10.1 Å². The minimum Gasteiger partial charge on any atom is -0.455 e. The lowest BCUT2D eigenvalue weighted by Crippen LogP contribution is -2.33. The minimum absolute atomic E-state index is 0.218. The van der Waals surface area contributed by atoms with Crippen molar-refractivity contribution in [2.45, 2.75) is 44.6 Å². The summed E-state index contributed by atoms with van der Waals surface area (Å²) in [5.74, 6) is -1.12. The molecule has 0 aliphatic heterocycles. The van der Waals surface area contributed by atoms with Crippen LogP contribution in [0.4, 0.5) is 0 Å². The number of carbonyl (C=O) groups excluding carboxylic acids is 2. The Morgan fingerprint density at radius 3 is 2.55 bits per heavy atom. The standard InChI is InChI=1S/C13H20N2O5/c16-12(14-7-9-4-2-1-3-5-9)8-20-13(17)10-6-11(10)15(18)19/h9-11H,1-8H2,(H,14,16). The van der Waals surface area contributed by atoms with Crippen molar-refractivity contribution in [3.63, 3.8) is 0 Å². The highest BCUT2D eigenvalue weighted by Gasteiger charge is 2.54. The van der Waals surface area contributed by atoms with Crippen LogP contribution in [0.15, 0.2) is 0 Å². The van der Waals surface area contributed by atoms with Crippen LogP contribution < -0.4 is 5.32 Å². The maximum Gasteiger partial charge on any atom is 0.316 e. The monoisotopic (exact) mass is 284 g/mol. The van der Waals surface area contributed by atoms with Crippen LogP contribution in [0.2, 0.25) is 0 Å². The number of ether oxygens (including phenoxy) is 1. The Balaban J connectivity index is 1.58. The molecule has 0 heterocycles. The van der Waals surface area contributed by atoms with E-state index in [0.29, 0.717) is 12.5 Å². The van der Waals surface area contributed by atoms with Crippen LogP contribution in [-0.2, 0) is 14.3 Å². The van der Waals surface area contributed by atoms with E-state index in [9.17, 15) is 19.7 Å². The predicted molar refractivity (Wildman–Crippen MR) is 69.4 cm³/mol. The van der Waals surface area contributed by atoms with Gasteiger partial charge in [0.1, 0.15) is 5.92 Å². The van der Waals surface area contributed by atoms with E-state index in [1.165, 1.54) is 19.3 Å². The molecule has 2 aliphatic carbocycles. The van der Waals surface area contributed by atoms with Crippen molar-refractivity contribution in [3.8, 4) is 0 Å². The summed E-state index contributed by atoms with van der Waals surface area (Å²) >= 11 is 0. The molecular weight excluding hydrogens is 264 g/mol. The smallest absolute Gasteiger partial charge is 0.316 e. The lowest BCUT2D eigenvalue weighted by molar-refractivity contribution is -0.497. The number of nitrogens with one attached hydrogen (secondary N) is 1. The van der Waals surface area contributed by atoms with Gasteiger partial charge in [0.25, 0.3) is 5.91 Å². The highest BCUT2D eigenvalue weighted by molar-refractivity contribution is 5.82. The average Bonchev–Trinajstić information content (AvgIpc) is 3.24. The molecule has 1 N–H and O–H groups in total. The molecule has 0 aromatic rings. The van der Waals surface area contributed by atoms with Crippen molar-refractivity contribution in [2.75, 3.05) is 13.2 Å². The number of amides is 1. The van der Waals surface area contributed by atoms with Gasteiger partial charge in [0, 0.05) is 17.9 Å². The van der Waals surface area contributed by atoms with E-state index in [-0.39, 0.29) is 18.9 Å². The van der Waals surface area contributed by atoms with Crippen LogP contribution >= 0.6 is 0 Å². The molecule has 1 amide bonds. The maximum atomic E-state index is 11.5. The van der Waals surface area contributed by atoms with Crippen LogP contribution in [0.25, 0.3) is 0 Å². The van der Waals surface area contributed by atoms with Crippen LogP contribution in [0, 0.1) is 22.0 Å². The fourth-order valence-electron chi connectivity index (χ4n) is 2.61. The summed E-state index contributed by atoms with van der Waals surface area (Å²) in [4.78, 5) is 32.9. The quantitative estimate of drug-likeness (QED) is 0.443. The predicted octanol–water partition coefficient (Wildman–Crippen LogP) is 0.891. The van der Waals surface area contributed by atoms with E-state index in [4.69, 9.17) is 4.74 Å². The molecule has 2 fully saturated rings. The molecule has 0 saturated heterocycles. The molecule has 0 radical (unpaired) electrons. The van der Waals surface area contributed by atoms with Gasteiger partial charge in [-0.25, -0.2) is 0 Å². The van der Waals surface area contributed by atoms with E-state index in [2.05, 4.69) is 5.32 Å². The van der Waals surface area contributed by atoms with Crippen molar-refractivity contribution in [1.29, 1.82) is 0 Å². The van der Waals surface area contributed by atoms with Gasteiger partial charge in [-0.15, -0.1) is 0 Å². The molecule has 2 aliphatic rings. The molecule has 2 atom stereocenters. The number of hydrogen-bond donors (Lipinski definition) is 1. The summed E-state index contributed by atoms with van der Waals surface area (Å²) < 4.78 is 4.79. The fraction of sp³-hybridized carbons (Fsp3) is 0.846. The number of nitro groups is 1. The molecule has 112 valence electrons. The minimum atomic E-state index is -0.826. The van der Waals surface area contributed by atoms with Crippen molar-refractivity contribution < 1.29 is 19.2 Å². The topological polar surface area (TPSA) is 98.5 Å². The summed E-state index contributed by atoms with van der Waals surface area (Å²) in [6.07, 6.45) is 6.16. The van der Waals surface area contributed by atoms with Gasteiger partial charge in [0.15, 0.2) is 6.61 Å². The molecule has 7 nitrogen and oxygen atoms in total. The molecule has 20 heavy (non-hydrogen) atoms. The van der Waals surface area contributed by atoms with E-state index in [1.54, 1.807) is 0 Å². The molecule has 7 heteroatoms. The maximum absolute atomic E-state index is 11.5. The summed E-state index contributed by atoms with van der Waals surface area (Å²) in [7, 11) is 0. The van der Waals surface area contributed by atoms with Crippen LogP contribution in [0.1, 0.15) is 38.5 Å². The Bertz CT molecular complexity index is 392. The highest BCUT2D eigenvalue weighted by atomic mass is 16.6. The zero-order valence-corrected chi connectivity index (χ0v) is 11.4. The molecular formula is C13H20N2O5. The molecule has 0 aromatic heterocycles. The largest absolute Gasteiger partial charge is 0.455 e. The summed E-state index contributed by atoms with van der Waals surface area (Å²) in [5, 5.41) is 13.2. The molecule has 2 saturated carbocycles. The summed E-state index contributed by atoms with van der Waals surface area (Å²) in [6.45, 7) is 0.282. The lowest BCUT2D eigenvalue weighted by atomic mass is 9.89. The van der Waals surface area contributed by atoms with E-state index in [1.807, 2.05) is 0 Å². The fourth-order valence-corrected chi connectivity index (χ4v) is 2.61. The Morgan fingerprint density at radius 2 is 1.95 bits per heavy atom. The normalized spacial score (nSPS) is 25.8. The first-order valence-electron chi connectivity index (χ1n) is 7.14. The summed E-state index contributed by atoms with van der Waals surface area (Å²) in [5.41, 5.74) is 0. The van der Waals surface area contributed by atoms with Gasteiger partial charge in [0.05, 0.1) is 0 Å². The zero-order valence-electron chi connectivity index (χ0n) is 11.4. The molecule has 0 aromatic carbocycles. The van der Waals surface area contributed by atoms with Crippen LogP contribution in [-0.4, -0.2) is 36.0 Å². The molecule has 2 rings (SSSR count). The van der Waals surface area contributed by atoms with Gasteiger partial charge in [-0.05, 0) is 18.8 Å². The first-order chi connectivity index (χ1) is 9.58. The van der Waals surface area contributed by atoms with Gasteiger partial charge in [-0.2, -0.15) is 0 Å². The van der Waals surface area contributed by atoms with Crippen molar-refractivity contribution in [1.82, 2.24) is 5.32 Å². The molecule has 0 bridgehead atoms. The molecule has 2 unspecified atom stereocenters. The Hall–Kier alpha value is -1.66. The Morgan fingerprint density at radius 1 is 1.25 bits per heavy atom. The van der Waals surface area contributed by atoms with E-state index in [0.717, 1.165) is 12.8 Å². The third-order valence-corrected chi connectivity index (χ3v) is 3.99. The number of esters is 1. The van der Waals surface area contributed by atoms with Crippen molar-refractivity contribution in [2.24, 2.45) is 11.8 Å². The van der Waals surface area contributed by atoms with Crippen LogP contribution in [0.3, 0.4) is 0 Å². The SMILES string of the molecule is O=C(COC(=O)C1CC1[N+](=O)[O-])NCC1CCCCC1. The first-order valence-corrected chi connectivity index (χ1v) is 7.14. The number of carbonyl (C=O) groups is 2. The van der Waals surface area contributed by atoms with E-state index >= 15 is 0 Å². The van der Waals surface area contributed by atoms with Gasteiger partial charge in [-0.1, -0.05) is 19.3 Å². The third-order valence-electron chi connectivity index (χ3n) is 3.99. The Labute approximate surface area is 117 Å². The Kier molecular flexibility index (Phi) is 4.92. The second kappa shape index (κ2) is 6.67. The number of hydrogen-bond acceptors (Lipinski definition) is 5. The lowest BCUT2D eigenvalue weighted by Gasteiger charge is -2.21. The zero-order chi connectivity index (χ0) is 14.5. The number of rotatable bonds is 6. The van der Waals surface area contributed by atoms with Gasteiger partial charge in [-0.3, -0.25) is 19.7 Å². The first kappa shape index (κ1) is 14.7. The second-order valence-corrected chi connectivity index (χ2v) is 5.61. The average molecular weight is 284 g/mol. The third kappa shape index (κ3) is 4.18. The second-order valence-electron chi connectivity index (χ2n) is 5.61. The highest BCUT2D eigenvalue weighted by Crippen LogP contribution is 2.34. The van der Waals surface area contributed by atoms with Crippen molar-refractivity contribution >= 4 is 11.9 Å². The van der Waals surface area contributed by atoms with Crippen LogP contribution in [0.5, 0.6) is 0 Å². The number of nitrogens with zero attached hydrogens (tertiary/aromatic N) is 1. The van der Waals surface area contributed by atoms with Gasteiger partial charge in [0.2, 0.25) is 6.04 Å². The molecule has 0 spiro atoms. The van der Waals surface area contributed by atoms with Gasteiger partial charge >= 0.3 is 5.97 Å².